The van der Waals surface area contributed by atoms with E-state index in [2.05, 4.69) is 11.8 Å². The molecule has 0 N–H and O–H groups in total. The Hall–Kier alpha value is -0.570. The van der Waals surface area contributed by atoms with Crippen LogP contribution in [0.25, 0.3) is 0 Å². The van der Waals surface area contributed by atoms with Gasteiger partial charge in [-0.3, -0.25) is 9.69 Å². The molecule has 0 aliphatic carbocycles. The van der Waals surface area contributed by atoms with E-state index in [-0.39, 0.29) is 5.97 Å². The number of likely N-dealkylation sites (tertiary alicyclic amines) is 1. The largest absolute Gasteiger partial charge is 0.464 e. The van der Waals surface area contributed by atoms with Gasteiger partial charge >= 0.3 is 5.97 Å². The Balaban J connectivity index is 2.26. The number of rotatable bonds is 3. The molecule has 1 heterocycles. The van der Waals surface area contributed by atoms with Crippen molar-refractivity contribution in [3.05, 3.63) is 0 Å². The summed E-state index contributed by atoms with van der Waals surface area (Å²) >= 11 is 0. The van der Waals surface area contributed by atoms with Gasteiger partial charge in [-0.15, -0.1) is 0 Å². The molecule has 0 bridgehead atoms. The van der Waals surface area contributed by atoms with Gasteiger partial charge in [0.2, 0.25) is 0 Å². The third kappa shape index (κ3) is 2.48. The second-order valence-corrected chi connectivity index (χ2v) is 3.23. The van der Waals surface area contributed by atoms with Crippen LogP contribution in [0.2, 0.25) is 0 Å². The number of hydrogen-bond acceptors (Lipinski definition) is 3. The quantitative estimate of drug-likeness (QED) is 0.594. The second-order valence-electron chi connectivity index (χ2n) is 3.23. The molecular formula is C9H17NO2. The van der Waals surface area contributed by atoms with Crippen LogP contribution in [0, 0.1) is 0 Å². The van der Waals surface area contributed by atoms with Gasteiger partial charge < -0.3 is 4.74 Å². The van der Waals surface area contributed by atoms with Crippen molar-refractivity contribution in [2.45, 2.75) is 32.7 Å². The van der Waals surface area contributed by atoms with Crippen LogP contribution < -0.4 is 0 Å². The Bertz CT molecular complexity index is 159. The highest BCUT2D eigenvalue weighted by Crippen LogP contribution is 2.16. The van der Waals surface area contributed by atoms with Crippen molar-refractivity contribution < 1.29 is 9.53 Å². The number of nitrogens with zero attached hydrogens (tertiary/aromatic N) is 1. The molecule has 1 fully saturated rings. The highest BCUT2D eigenvalue weighted by atomic mass is 16.5. The fourth-order valence-electron chi connectivity index (χ4n) is 1.71. The fraction of sp³-hybridized carbons (Fsp3) is 0.889. The maximum absolute atomic E-state index is 10.6. The van der Waals surface area contributed by atoms with Crippen molar-refractivity contribution in [1.82, 2.24) is 4.90 Å². The van der Waals surface area contributed by atoms with E-state index in [1.165, 1.54) is 19.8 Å². The first-order chi connectivity index (χ1) is 5.74. The van der Waals surface area contributed by atoms with Gasteiger partial charge in [0, 0.05) is 13.0 Å². The van der Waals surface area contributed by atoms with Crippen LogP contribution in [-0.4, -0.2) is 36.6 Å². The molecule has 1 aliphatic rings. The summed E-state index contributed by atoms with van der Waals surface area (Å²) in [6, 6.07) is 0.471. The zero-order valence-corrected chi connectivity index (χ0v) is 7.88. The molecule has 0 aromatic carbocycles. The highest BCUT2D eigenvalue weighted by Gasteiger charge is 2.23. The highest BCUT2D eigenvalue weighted by molar-refractivity contribution is 5.65. The summed E-state index contributed by atoms with van der Waals surface area (Å²) in [5, 5.41) is 0. The normalized spacial score (nSPS) is 24.3. The molecule has 0 aromatic heterocycles. The lowest BCUT2D eigenvalue weighted by Gasteiger charge is -2.21. The van der Waals surface area contributed by atoms with E-state index in [1.807, 2.05) is 0 Å². The van der Waals surface area contributed by atoms with Crippen LogP contribution in [0.1, 0.15) is 26.7 Å². The van der Waals surface area contributed by atoms with E-state index < -0.39 is 0 Å². The molecule has 3 heteroatoms. The van der Waals surface area contributed by atoms with Gasteiger partial charge in [0.25, 0.3) is 0 Å². The Kier molecular flexibility index (Phi) is 3.53. The van der Waals surface area contributed by atoms with Gasteiger partial charge in [-0.25, -0.2) is 0 Å². The Morgan fingerprint density at radius 2 is 2.42 bits per heavy atom. The third-order valence-corrected chi connectivity index (χ3v) is 2.38. The van der Waals surface area contributed by atoms with Crippen LogP contribution >= 0.6 is 0 Å². The Morgan fingerprint density at radius 1 is 1.67 bits per heavy atom. The van der Waals surface area contributed by atoms with E-state index in [0.717, 1.165) is 13.1 Å². The van der Waals surface area contributed by atoms with Crippen molar-refractivity contribution in [1.29, 1.82) is 0 Å². The summed E-state index contributed by atoms with van der Waals surface area (Å²) < 4.78 is 4.98. The number of ether oxygens (including phenoxy) is 1. The Labute approximate surface area is 73.7 Å². The molecule has 3 nitrogen and oxygen atoms in total. The smallest absolute Gasteiger partial charge is 0.302 e. The first-order valence-electron chi connectivity index (χ1n) is 4.61. The summed E-state index contributed by atoms with van der Waals surface area (Å²) in [5.74, 6) is -0.169. The topological polar surface area (TPSA) is 29.5 Å². The molecular weight excluding hydrogens is 154 g/mol. The van der Waals surface area contributed by atoms with Gasteiger partial charge in [0.15, 0.2) is 0 Å². The van der Waals surface area contributed by atoms with Gasteiger partial charge in [0.1, 0.15) is 6.61 Å². The molecule has 0 unspecified atom stereocenters. The molecule has 1 aliphatic heterocycles. The molecule has 0 radical (unpaired) electrons. The first kappa shape index (κ1) is 9.52. The molecule has 1 saturated heterocycles. The van der Waals surface area contributed by atoms with Gasteiger partial charge in [-0.1, -0.05) is 6.92 Å². The van der Waals surface area contributed by atoms with Crippen LogP contribution in [0.4, 0.5) is 0 Å². The maximum Gasteiger partial charge on any atom is 0.302 e. The average Bonchev–Trinajstić information content (AvgIpc) is 2.47. The third-order valence-electron chi connectivity index (χ3n) is 2.38. The average molecular weight is 171 g/mol. The molecule has 1 atom stereocenters. The summed E-state index contributed by atoms with van der Waals surface area (Å²) in [5.41, 5.74) is 0. The molecule has 0 amide bonds. The fourth-order valence-corrected chi connectivity index (χ4v) is 1.71. The van der Waals surface area contributed by atoms with Gasteiger partial charge in [-0.05, 0) is 25.9 Å². The molecule has 0 aromatic rings. The SMILES string of the molecule is CCN1CCC[C@H]1COC(C)=O. The summed E-state index contributed by atoms with van der Waals surface area (Å²) in [6.07, 6.45) is 2.40. The van der Waals surface area contributed by atoms with Crippen molar-refractivity contribution in [2.75, 3.05) is 19.7 Å². The molecule has 1 rings (SSSR count). The standard InChI is InChI=1S/C9H17NO2/c1-3-10-6-4-5-9(10)7-12-8(2)11/h9H,3-7H2,1-2H3/t9-/m0/s1. The predicted octanol–water partition coefficient (Wildman–Crippen LogP) is 1.03. The van der Waals surface area contributed by atoms with Crippen molar-refractivity contribution >= 4 is 5.97 Å². The van der Waals surface area contributed by atoms with Crippen molar-refractivity contribution in [3.63, 3.8) is 0 Å². The number of likely N-dealkylation sites (N-methyl/N-ethyl adjacent to an activating group) is 1. The number of carbonyl (C=O) groups excluding carboxylic acids is 1. The van der Waals surface area contributed by atoms with E-state index in [9.17, 15) is 4.79 Å². The zero-order valence-electron chi connectivity index (χ0n) is 7.88. The number of hydrogen-bond donors (Lipinski definition) is 0. The lowest BCUT2D eigenvalue weighted by Crippen LogP contribution is -2.33. The van der Waals surface area contributed by atoms with E-state index in [0.29, 0.717) is 12.6 Å². The summed E-state index contributed by atoms with van der Waals surface area (Å²) in [6.45, 7) is 6.40. The lowest BCUT2D eigenvalue weighted by atomic mass is 10.2. The van der Waals surface area contributed by atoms with Crippen molar-refractivity contribution in [3.8, 4) is 0 Å². The first-order valence-corrected chi connectivity index (χ1v) is 4.61. The molecule has 12 heavy (non-hydrogen) atoms. The minimum Gasteiger partial charge on any atom is -0.464 e. The van der Waals surface area contributed by atoms with E-state index in [4.69, 9.17) is 4.74 Å². The minimum absolute atomic E-state index is 0.169. The second kappa shape index (κ2) is 4.45. The van der Waals surface area contributed by atoms with Gasteiger partial charge in [0.05, 0.1) is 0 Å². The molecule has 70 valence electrons. The summed E-state index contributed by atoms with van der Waals surface area (Å²) in [4.78, 5) is 12.9. The number of carbonyl (C=O) groups is 1. The zero-order chi connectivity index (χ0) is 8.97. The van der Waals surface area contributed by atoms with Crippen LogP contribution in [0.5, 0.6) is 0 Å². The molecule has 0 spiro atoms. The monoisotopic (exact) mass is 171 g/mol. The van der Waals surface area contributed by atoms with Crippen molar-refractivity contribution in [2.24, 2.45) is 0 Å². The molecule has 0 saturated carbocycles. The lowest BCUT2D eigenvalue weighted by molar-refractivity contribution is -0.142. The van der Waals surface area contributed by atoms with E-state index in [1.54, 1.807) is 0 Å². The Morgan fingerprint density at radius 3 is 3.00 bits per heavy atom. The predicted molar refractivity (Wildman–Crippen MR) is 46.9 cm³/mol. The number of esters is 1. The van der Waals surface area contributed by atoms with Gasteiger partial charge in [-0.2, -0.15) is 0 Å². The maximum atomic E-state index is 10.6. The minimum atomic E-state index is -0.169. The van der Waals surface area contributed by atoms with Crippen LogP contribution in [0.15, 0.2) is 0 Å². The van der Waals surface area contributed by atoms with Crippen LogP contribution in [-0.2, 0) is 9.53 Å². The van der Waals surface area contributed by atoms with E-state index >= 15 is 0 Å². The van der Waals surface area contributed by atoms with Crippen LogP contribution in [0.3, 0.4) is 0 Å². The summed E-state index contributed by atoms with van der Waals surface area (Å²) in [7, 11) is 0.